The van der Waals surface area contributed by atoms with Crippen LogP contribution in [0.2, 0.25) is 0 Å². The SMILES string of the molecule is O=C(O)[C@@H]1[C@@H]2CCCn3cccc3C[C@@H]21. The first-order valence-electron chi connectivity index (χ1n) is 5.64. The van der Waals surface area contributed by atoms with Crippen molar-refractivity contribution in [3.05, 3.63) is 24.0 Å². The van der Waals surface area contributed by atoms with Gasteiger partial charge >= 0.3 is 5.97 Å². The van der Waals surface area contributed by atoms with Crippen molar-refractivity contribution in [1.82, 2.24) is 4.57 Å². The number of fused-ring (bicyclic) bond motifs is 2. The molecule has 1 aromatic rings. The van der Waals surface area contributed by atoms with E-state index in [4.69, 9.17) is 5.11 Å². The van der Waals surface area contributed by atoms with Crippen LogP contribution < -0.4 is 0 Å². The van der Waals surface area contributed by atoms with Crippen LogP contribution in [-0.4, -0.2) is 15.6 Å². The third-order valence-electron chi connectivity index (χ3n) is 3.92. The van der Waals surface area contributed by atoms with E-state index in [-0.39, 0.29) is 5.92 Å². The first-order valence-corrected chi connectivity index (χ1v) is 5.64. The predicted octanol–water partition coefficient (Wildman–Crippen LogP) is 1.77. The number of hydrogen-bond acceptors (Lipinski definition) is 1. The van der Waals surface area contributed by atoms with Crippen LogP contribution >= 0.6 is 0 Å². The molecule has 3 rings (SSSR count). The average molecular weight is 205 g/mol. The van der Waals surface area contributed by atoms with E-state index in [1.54, 1.807) is 0 Å². The molecule has 0 spiro atoms. The minimum atomic E-state index is -0.593. The largest absolute Gasteiger partial charge is 0.481 e. The van der Waals surface area contributed by atoms with Gasteiger partial charge < -0.3 is 9.67 Å². The van der Waals surface area contributed by atoms with Crippen molar-refractivity contribution < 1.29 is 9.90 Å². The maximum Gasteiger partial charge on any atom is 0.307 e. The van der Waals surface area contributed by atoms with Gasteiger partial charge in [0, 0.05) is 18.4 Å². The number of carboxylic acids is 1. The highest BCUT2D eigenvalue weighted by Crippen LogP contribution is 2.52. The zero-order chi connectivity index (χ0) is 10.4. The van der Waals surface area contributed by atoms with E-state index in [0.717, 1.165) is 25.8 Å². The highest BCUT2D eigenvalue weighted by Gasteiger charge is 2.54. The molecular weight excluding hydrogens is 190 g/mol. The zero-order valence-corrected chi connectivity index (χ0v) is 8.60. The summed E-state index contributed by atoms with van der Waals surface area (Å²) in [5, 5.41) is 9.06. The molecule has 3 nitrogen and oxygen atoms in total. The Bertz CT molecular complexity index is 396. The molecular formula is C12H15NO2. The maximum atomic E-state index is 11.0. The van der Waals surface area contributed by atoms with Gasteiger partial charge in [-0.05, 0) is 43.2 Å². The molecule has 2 heterocycles. The first kappa shape index (κ1) is 9.01. The van der Waals surface area contributed by atoms with Crippen LogP contribution in [0.5, 0.6) is 0 Å². The van der Waals surface area contributed by atoms with Gasteiger partial charge in [-0.1, -0.05) is 0 Å². The number of aliphatic carboxylic acids is 1. The number of aryl methyl sites for hydroxylation is 1. The Balaban J connectivity index is 1.84. The molecule has 2 aliphatic rings. The molecule has 3 atom stereocenters. The van der Waals surface area contributed by atoms with Crippen LogP contribution in [0.4, 0.5) is 0 Å². The molecule has 1 aromatic heterocycles. The summed E-state index contributed by atoms with van der Waals surface area (Å²) in [6.45, 7) is 1.05. The molecule has 0 amide bonds. The van der Waals surface area contributed by atoms with Gasteiger partial charge in [0.25, 0.3) is 0 Å². The Labute approximate surface area is 88.7 Å². The predicted molar refractivity (Wildman–Crippen MR) is 55.5 cm³/mol. The van der Waals surface area contributed by atoms with Gasteiger partial charge in [0.15, 0.2) is 0 Å². The fraction of sp³-hybridized carbons (Fsp3) is 0.583. The Morgan fingerprint density at radius 2 is 2.33 bits per heavy atom. The molecule has 1 N–H and O–H groups in total. The molecule has 1 saturated carbocycles. The normalized spacial score (nSPS) is 33.5. The van der Waals surface area contributed by atoms with Crippen LogP contribution in [0.3, 0.4) is 0 Å². The van der Waals surface area contributed by atoms with E-state index < -0.39 is 5.97 Å². The van der Waals surface area contributed by atoms with E-state index in [0.29, 0.717) is 11.8 Å². The van der Waals surface area contributed by atoms with Crippen molar-refractivity contribution in [3.8, 4) is 0 Å². The molecule has 80 valence electrons. The summed E-state index contributed by atoms with van der Waals surface area (Å²) < 4.78 is 2.27. The standard InChI is InChI=1S/C12H15NO2/c14-12(15)11-9-4-2-6-13-5-1-3-8(13)7-10(9)11/h1,3,5,9-11H,2,4,6-7H2,(H,14,15)/t9-,10+,11-/m1/s1. The van der Waals surface area contributed by atoms with Gasteiger partial charge in [-0.25, -0.2) is 0 Å². The van der Waals surface area contributed by atoms with E-state index in [2.05, 4.69) is 22.9 Å². The second-order valence-electron chi connectivity index (χ2n) is 4.73. The number of carboxylic acid groups (broad SMARTS) is 1. The van der Waals surface area contributed by atoms with Gasteiger partial charge in [0.1, 0.15) is 0 Å². The van der Waals surface area contributed by atoms with Crippen LogP contribution in [0.15, 0.2) is 18.3 Å². The second kappa shape index (κ2) is 3.12. The summed E-state index contributed by atoms with van der Waals surface area (Å²) in [6, 6.07) is 4.19. The Morgan fingerprint density at radius 1 is 1.47 bits per heavy atom. The maximum absolute atomic E-state index is 11.0. The summed E-state index contributed by atoms with van der Waals surface area (Å²) in [6.07, 6.45) is 5.26. The fourth-order valence-electron chi connectivity index (χ4n) is 3.07. The summed E-state index contributed by atoms with van der Waals surface area (Å²) in [7, 11) is 0. The third kappa shape index (κ3) is 1.37. The van der Waals surface area contributed by atoms with Crippen molar-refractivity contribution in [3.63, 3.8) is 0 Å². The van der Waals surface area contributed by atoms with Gasteiger partial charge in [0.05, 0.1) is 5.92 Å². The number of nitrogens with zero attached hydrogens (tertiary/aromatic N) is 1. The zero-order valence-electron chi connectivity index (χ0n) is 8.60. The van der Waals surface area contributed by atoms with Crippen LogP contribution in [0, 0.1) is 17.8 Å². The molecule has 3 heteroatoms. The van der Waals surface area contributed by atoms with Gasteiger partial charge in [-0.3, -0.25) is 4.79 Å². The summed E-state index contributed by atoms with van der Waals surface area (Å²) >= 11 is 0. The van der Waals surface area contributed by atoms with Crippen LogP contribution in [0.25, 0.3) is 0 Å². The van der Waals surface area contributed by atoms with Gasteiger partial charge in [-0.15, -0.1) is 0 Å². The quantitative estimate of drug-likeness (QED) is 0.759. The number of rotatable bonds is 1. The lowest BCUT2D eigenvalue weighted by Gasteiger charge is -2.11. The molecule has 0 saturated heterocycles. The average Bonchev–Trinajstić information content (AvgIpc) is 2.62. The smallest absolute Gasteiger partial charge is 0.307 e. The third-order valence-corrected chi connectivity index (χ3v) is 3.92. The molecule has 0 radical (unpaired) electrons. The number of carbonyl (C=O) groups is 1. The first-order chi connectivity index (χ1) is 7.27. The van der Waals surface area contributed by atoms with E-state index >= 15 is 0 Å². The molecule has 0 bridgehead atoms. The minimum absolute atomic E-state index is 0.0635. The number of hydrogen-bond donors (Lipinski definition) is 1. The van der Waals surface area contributed by atoms with Crippen LogP contribution in [0.1, 0.15) is 18.5 Å². The highest BCUT2D eigenvalue weighted by molar-refractivity contribution is 5.74. The Kier molecular flexibility index (Phi) is 1.87. The Hall–Kier alpha value is -1.25. The molecule has 15 heavy (non-hydrogen) atoms. The lowest BCUT2D eigenvalue weighted by molar-refractivity contribution is -0.139. The fourth-order valence-corrected chi connectivity index (χ4v) is 3.07. The van der Waals surface area contributed by atoms with Crippen molar-refractivity contribution in [2.75, 3.05) is 0 Å². The molecule has 0 aromatic carbocycles. The number of aromatic nitrogens is 1. The van der Waals surface area contributed by atoms with Crippen LogP contribution in [-0.2, 0) is 17.8 Å². The second-order valence-corrected chi connectivity index (χ2v) is 4.73. The Morgan fingerprint density at radius 3 is 3.13 bits per heavy atom. The van der Waals surface area contributed by atoms with E-state index in [1.165, 1.54) is 5.69 Å². The summed E-state index contributed by atoms with van der Waals surface area (Å²) in [5.74, 6) is 0.194. The monoisotopic (exact) mass is 205 g/mol. The van der Waals surface area contributed by atoms with E-state index in [1.807, 2.05) is 0 Å². The van der Waals surface area contributed by atoms with Gasteiger partial charge in [0.2, 0.25) is 0 Å². The van der Waals surface area contributed by atoms with Crippen molar-refractivity contribution >= 4 is 5.97 Å². The molecule has 0 unspecified atom stereocenters. The van der Waals surface area contributed by atoms with E-state index in [9.17, 15) is 4.79 Å². The summed E-state index contributed by atoms with van der Waals surface area (Å²) in [4.78, 5) is 11.0. The summed E-state index contributed by atoms with van der Waals surface area (Å²) in [5.41, 5.74) is 1.31. The minimum Gasteiger partial charge on any atom is -0.481 e. The van der Waals surface area contributed by atoms with Crippen molar-refractivity contribution in [1.29, 1.82) is 0 Å². The highest BCUT2D eigenvalue weighted by atomic mass is 16.4. The lowest BCUT2D eigenvalue weighted by atomic mass is 10.1. The van der Waals surface area contributed by atoms with Crippen molar-refractivity contribution in [2.24, 2.45) is 17.8 Å². The molecule has 1 aliphatic heterocycles. The lowest BCUT2D eigenvalue weighted by Crippen LogP contribution is -2.07. The molecule has 1 fully saturated rings. The van der Waals surface area contributed by atoms with Gasteiger partial charge in [-0.2, -0.15) is 0 Å². The topological polar surface area (TPSA) is 42.2 Å². The molecule has 1 aliphatic carbocycles. The van der Waals surface area contributed by atoms with Crippen molar-refractivity contribution in [2.45, 2.75) is 25.8 Å².